The number of nitrogens with two attached hydrogens (primary N) is 1. The number of halogens is 1. The Balaban J connectivity index is 2.07. The predicted molar refractivity (Wildman–Crippen MR) is 69.6 cm³/mol. The number of aryl methyl sites for hydroxylation is 1. The van der Waals surface area contributed by atoms with Gasteiger partial charge in [0, 0.05) is 18.8 Å². The first kappa shape index (κ1) is 12.8. The van der Waals surface area contributed by atoms with Crippen LogP contribution in [0.1, 0.15) is 18.1 Å². The van der Waals surface area contributed by atoms with E-state index in [-0.39, 0.29) is 5.82 Å². The first-order chi connectivity index (χ1) is 8.44. The lowest BCUT2D eigenvalue weighted by molar-refractivity contribution is 0.461. The molecule has 96 valence electrons. The third kappa shape index (κ3) is 3.40. The zero-order valence-electron chi connectivity index (χ0n) is 10.7. The molecule has 0 radical (unpaired) electrons. The van der Waals surface area contributed by atoms with Gasteiger partial charge < -0.3 is 5.73 Å². The van der Waals surface area contributed by atoms with E-state index in [1.165, 1.54) is 12.1 Å². The van der Waals surface area contributed by atoms with Gasteiger partial charge in [-0.15, -0.1) is 0 Å². The van der Waals surface area contributed by atoms with E-state index in [0.717, 1.165) is 17.5 Å². The van der Waals surface area contributed by atoms with E-state index in [9.17, 15) is 4.39 Å². The summed E-state index contributed by atoms with van der Waals surface area (Å²) in [6, 6.07) is 6.59. The van der Waals surface area contributed by atoms with Crippen LogP contribution in [-0.2, 0) is 19.9 Å². The normalized spacial score (nSPS) is 14.4. The molecule has 0 aliphatic carbocycles. The Bertz CT molecular complexity index is 531. The Labute approximate surface area is 106 Å². The third-order valence-corrected chi connectivity index (χ3v) is 2.86. The summed E-state index contributed by atoms with van der Waals surface area (Å²) in [6.07, 6.45) is 5.13. The molecule has 0 fully saturated rings. The fourth-order valence-electron chi connectivity index (χ4n) is 2.21. The van der Waals surface area contributed by atoms with E-state index in [4.69, 9.17) is 5.73 Å². The molecule has 2 rings (SSSR count). The van der Waals surface area contributed by atoms with E-state index in [0.29, 0.717) is 6.42 Å². The summed E-state index contributed by atoms with van der Waals surface area (Å²) in [4.78, 5) is 0. The molecule has 18 heavy (non-hydrogen) atoms. The van der Waals surface area contributed by atoms with Gasteiger partial charge in [-0.1, -0.05) is 12.1 Å². The Hall–Kier alpha value is -1.68. The molecule has 0 saturated heterocycles. The fourth-order valence-corrected chi connectivity index (χ4v) is 2.21. The van der Waals surface area contributed by atoms with Crippen LogP contribution < -0.4 is 5.73 Å². The van der Waals surface area contributed by atoms with Gasteiger partial charge >= 0.3 is 0 Å². The predicted octanol–water partition coefficient (Wildman–Crippen LogP) is 2.06. The first-order valence-electron chi connectivity index (χ1n) is 5.95. The average Bonchev–Trinajstić information content (AvgIpc) is 2.62. The van der Waals surface area contributed by atoms with Gasteiger partial charge in [-0.3, -0.25) is 4.68 Å². The quantitative estimate of drug-likeness (QED) is 0.898. The van der Waals surface area contributed by atoms with Gasteiger partial charge in [-0.05, 0) is 43.0 Å². The molecule has 2 N–H and O–H groups in total. The lowest BCUT2D eigenvalue weighted by Crippen LogP contribution is -2.40. The molecule has 1 heterocycles. The van der Waals surface area contributed by atoms with Crippen LogP contribution in [0.25, 0.3) is 0 Å². The summed E-state index contributed by atoms with van der Waals surface area (Å²) < 4.78 is 14.9. The topological polar surface area (TPSA) is 43.8 Å². The standard InChI is InChI=1S/C14H18FN3/c1-14(16,8-12-9-17-18(2)10-12)7-11-4-3-5-13(15)6-11/h3-6,9-10H,7-8,16H2,1-2H3. The van der Waals surface area contributed by atoms with Crippen molar-refractivity contribution < 1.29 is 4.39 Å². The van der Waals surface area contributed by atoms with Gasteiger partial charge in [-0.2, -0.15) is 5.10 Å². The van der Waals surface area contributed by atoms with E-state index in [2.05, 4.69) is 5.10 Å². The van der Waals surface area contributed by atoms with Gasteiger partial charge in [0.25, 0.3) is 0 Å². The molecule has 3 nitrogen and oxygen atoms in total. The average molecular weight is 247 g/mol. The molecule has 0 saturated carbocycles. The molecule has 2 aromatic rings. The number of rotatable bonds is 4. The Kier molecular flexibility index (Phi) is 3.48. The molecule has 0 aliphatic heterocycles. The van der Waals surface area contributed by atoms with Crippen LogP contribution >= 0.6 is 0 Å². The van der Waals surface area contributed by atoms with Crippen molar-refractivity contribution in [3.05, 3.63) is 53.6 Å². The van der Waals surface area contributed by atoms with E-state index in [1.54, 1.807) is 10.7 Å². The summed E-state index contributed by atoms with van der Waals surface area (Å²) in [5, 5.41) is 4.12. The molecular weight excluding hydrogens is 229 g/mol. The minimum atomic E-state index is -0.406. The lowest BCUT2D eigenvalue weighted by atomic mass is 9.88. The maximum atomic E-state index is 13.1. The van der Waals surface area contributed by atoms with Gasteiger partial charge in [0.2, 0.25) is 0 Å². The Morgan fingerprint density at radius 3 is 2.67 bits per heavy atom. The summed E-state index contributed by atoms with van der Waals surface area (Å²) >= 11 is 0. The van der Waals surface area contributed by atoms with Crippen molar-refractivity contribution >= 4 is 0 Å². The highest BCUT2D eigenvalue weighted by Crippen LogP contribution is 2.16. The number of hydrogen-bond acceptors (Lipinski definition) is 2. The highest BCUT2D eigenvalue weighted by atomic mass is 19.1. The van der Waals surface area contributed by atoms with Crippen LogP contribution in [-0.4, -0.2) is 15.3 Å². The van der Waals surface area contributed by atoms with Gasteiger partial charge in [0.05, 0.1) is 6.20 Å². The number of hydrogen-bond donors (Lipinski definition) is 1. The van der Waals surface area contributed by atoms with Gasteiger partial charge in [0.15, 0.2) is 0 Å². The summed E-state index contributed by atoms with van der Waals surface area (Å²) in [6.45, 7) is 1.98. The molecule has 4 heteroatoms. The second kappa shape index (κ2) is 4.90. The van der Waals surface area contributed by atoms with E-state index < -0.39 is 5.54 Å². The van der Waals surface area contributed by atoms with Crippen molar-refractivity contribution in [3.63, 3.8) is 0 Å². The van der Waals surface area contributed by atoms with Crippen molar-refractivity contribution in [2.75, 3.05) is 0 Å². The Morgan fingerprint density at radius 2 is 2.06 bits per heavy atom. The Morgan fingerprint density at radius 1 is 1.33 bits per heavy atom. The van der Waals surface area contributed by atoms with E-state index >= 15 is 0 Å². The first-order valence-corrected chi connectivity index (χ1v) is 5.95. The molecule has 0 amide bonds. The summed E-state index contributed by atoms with van der Waals surface area (Å²) in [7, 11) is 1.88. The SMILES string of the molecule is Cn1cc(CC(C)(N)Cc2cccc(F)c2)cn1. The van der Waals surface area contributed by atoms with Crippen LogP contribution in [0.3, 0.4) is 0 Å². The fraction of sp³-hybridized carbons (Fsp3) is 0.357. The summed E-state index contributed by atoms with van der Waals surface area (Å²) in [5.41, 5.74) is 7.89. The largest absolute Gasteiger partial charge is 0.325 e. The van der Waals surface area contributed by atoms with Crippen molar-refractivity contribution in [1.29, 1.82) is 0 Å². The maximum absolute atomic E-state index is 13.1. The third-order valence-electron chi connectivity index (χ3n) is 2.86. The molecule has 0 aliphatic rings. The molecule has 0 spiro atoms. The minimum absolute atomic E-state index is 0.218. The van der Waals surface area contributed by atoms with Crippen LogP contribution in [0.4, 0.5) is 4.39 Å². The molecule has 1 unspecified atom stereocenters. The van der Waals surface area contributed by atoms with Crippen molar-refractivity contribution in [1.82, 2.24) is 9.78 Å². The van der Waals surface area contributed by atoms with Crippen LogP contribution in [0, 0.1) is 5.82 Å². The molecule has 1 aromatic carbocycles. The molecular formula is C14H18FN3. The zero-order valence-corrected chi connectivity index (χ0v) is 10.7. The highest BCUT2D eigenvalue weighted by molar-refractivity contribution is 5.20. The zero-order chi connectivity index (χ0) is 13.2. The number of aromatic nitrogens is 2. The highest BCUT2D eigenvalue weighted by Gasteiger charge is 2.20. The van der Waals surface area contributed by atoms with E-state index in [1.807, 2.05) is 32.4 Å². The van der Waals surface area contributed by atoms with Crippen molar-refractivity contribution in [2.45, 2.75) is 25.3 Å². The monoisotopic (exact) mass is 247 g/mol. The summed E-state index contributed by atoms with van der Waals surface area (Å²) in [5.74, 6) is -0.218. The molecule has 1 aromatic heterocycles. The lowest BCUT2D eigenvalue weighted by Gasteiger charge is -2.24. The van der Waals surface area contributed by atoms with Crippen LogP contribution in [0.2, 0.25) is 0 Å². The van der Waals surface area contributed by atoms with Crippen molar-refractivity contribution in [2.24, 2.45) is 12.8 Å². The maximum Gasteiger partial charge on any atom is 0.123 e. The molecule has 0 bridgehead atoms. The number of benzene rings is 1. The second-order valence-corrected chi connectivity index (χ2v) is 5.16. The van der Waals surface area contributed by atoms with Gasteiger partial charge in [0.1, 0.15) is 5.82 Å². The second-order valence-electron chi connectivity index (χ2n) is 5.16. The van der Waals surface area contributed by atoms with Crippen LogP contribution in [0.5, 0.6) is 0 Å². The number of nitrogens with zero attached hydrogens (tertiary/aromatic N) is 2. The van der Waals surface area contributed by atoms with Gasteiger partial charge in [-0.25, -0.2) is 4.39 Å². The van der Waals surface area contributed by atoms with Crippen LogP contribution in [0.15, 0.2) is 36.7 Å². The smallest absolute Gasteiger partial charge is 0.123 e. The van der Waals surface area contributed by atoms with Crippen molar-refractivity contribution in [3.8, 4) is 0 Å². The molecule has 1 atom stereocenters. The minimum Gasteiger partial charge on any atom is -0.325 e.